The Hall–Kier alpha value is -1.18. The number of aliphatic hydroxyl groups excluding tert-OH is 1. The lowest BCUT2D eigenvalue weighted by atomic mass is 9.47. The van der Waals surface area contributed by atoms with Crippen LogP contribution in [0.25, 0.3) is 0 Å². The zero-order valence-corrected chi connectivity index (χ0v) is 16.9. The van der Waals surface area contributed by atoms with Gasteiger partial charge in [0.25, 0.3) is 0 Å². The van der Waals surface area contributed by atoms with E-state index in [-0.39, 0.29) is 35.7 Å². The second-order valence-electron chi connectivity index (χ2n) is 10.3. The Bertz CT molecular complexity index is 642. The number of hydrogen-bond donors (Lipinski definition) is 2. The van der Waals surface area contributed by atoms with Crippen LogP contribution in [0.15, 0.2) is 0 Å². The largest absolute Gasteiger partial charge is 0.481 e. The maximum atomic E-state index is 12.3. The fourth-order valence-electron chi connectivity index (χ4n) is 6.97. The molecule has 2 atom stereocenters. The van der Waals surface area contributed by atoms with Gasteiger partial charge in [0.05, 0.1) is 37.3 Å². The zero-order valence-electron chi connectivity index (χ0n) is 16.9. The van der Waals surface area contributed by atoms with E-state index in [0.717, 1.165) is 19.3 Å². The van der Waals surface area contributed by atoms with Gasteiger partial charge in [-0.15, -0.1) is 0 Å². The maximum Gasteiger partial charge on any atom is 0.309 e. The van der Waals surface area contributed by atoms with Crippen LogP contribution in [-0.2, 0) is 23.8 Å². The molecule has 5 aliphatic carbocycles. The summed E-state index contributed by atoms with van der Waals surface area (Å²) < 4.78 is 18.2. The number of ether oxygens (including phenoxy) is 3. The lowest BCUT2D eigenvalue weighted by Gasteiger charge is -2.64. The van der Waals surface area contributed by atoms with E-state index in [4.69, 9.17) is 14.2 Å². The van der Waals surface area contributed by atoms with Crippen LogP contribution in [0.2, 0.25) is 0 Å². The summed E-state index contributed by atoms with van der Waals surface area (Å²) in [5, 5.41) is 19.4. The number of carboxylic acids is 1. The number of aliphatic hydroxyl groups is 1. The van der Waals surface area contributed by atoms with Crippen LogP contribution in [0, 0.1) is 35.0 Å². The number of rotatable bonds is 4. The van der Waals surface area contributed by atoms with E-state index in [1.54, 1.807) is 0 Å². The van der Waals surface area contributed by atoms with Crippen LogP contribution in [0.4, 0.5) is 0 Å². The minimum atomic E-state index is -0.650. The highest BCUT2D eigenvalue weighted by Crippen LogP contribution is 2.65. The molecule has 1 aliphatic heterocycles. The molecule has 6 fully saturated rings. The predicted molar refractivity (Wildman–Crippen MR) is 101 cm³/mol. The van der Waals surface area contributed by atoms with Crippen molar-refractivity contribution in [1.29, 1.82) is 0 Å². The summed E-state index contributed by atoms with van der Waals surface area (Å²) in [7, 11) is 0. The Labute approximate surface area is 171 Å². The third kappa shape index (κ3) is 3.29. The van der Waals surface area contributed by atoms with Crippen LogP contribution in [0.5, 0.6) is 0 Å². The van der Waals surface area contributed by atoms with Gasteiger partial charge >= 0.3 is 11.9 Å². The molecule has 2 unspecified atom stereocenters. The van der Waals surface area contributed by atoms with Crippen molar-refractivity contribution in [3.05, 3.63) is 0 Å². The van der Waals surface area contributed by atoms with Crippen molar-refractivity contribution in [2.24, 2.45) is 35.0 Å². The van der Waals surface area contributed by atoms with Gasteiger partial charge < -0.3 is 24.4 Å². The molecule has 162 valence electrons. The molecule has 0 radical (unpaired) electrons. The Balaban J connectivity index is 1.15. The molecule has 6 rings (SSSR count). The first-order valence-corrected chi connectivity index (χ1v) is 11.3. The van der Waals surface area contributed by atoms with Crippen LogP contribution in [0.1, 0.15) is 57.8 Å². The highest BCUT2D eigenvalue weighted by Gasteiger charge is 2.67. The average molecular weight is 408 g/mol. The van der Waals surface area contributed by atoms with Gasteiger partial charge in [-0.3, -0.25) is 9.59 Å². The average Bonchev–Trinajstić information content (AvgIpc) is 2.71. The normalized spacial score (nSPS) is 48.6. The van der Waals surface area contributed by atoms with Gasteiger partial charge in [0.2, 0.25) is 0 Å². The summed E-state index contributed by atoms with van der Waals surface area (Å²) in [4.78, 5) is 24.2. The predicted octanol–water partition coefficient (Wildman–Crippen LogP) is 2.35. The number of carbonyl (C=O) groups is 2. The lowest BCUT2D eigenvalue weighted by molar-refractivity contribution is -0.375. The SMILES string of the molecule is O=C(OCC1COC2(OC1)C1CC3CC2CC(C(=O)O)(C3)C1)C1CCC(O)CC1. The number of hydrogen-bond acceptors (Lipinski definition) is 6. The van der Waals surface area contributed by atoms with Crippen molar-refractivity contribution in [2.45, 2.75) is 69.7 Å². The summed E-state index contributed by atoms with van der Waals surface area (Å²) in [6.07, 6.45) is 6.55. The summed E-state index contributed by atoms with van der Waals surface area (Å²) in [6, 6.07) is 0. The van der Waals surface area contributed by atoms with E-state index >= 15 is 0 Å². The second-order valence-corrected chi connectivity index (χ2v) is 10.3. The highest BCUT2D eigenvalue weighted by molar-refractivity contribution is 5.75. The van der Waals surface area contributed by atoms with E-state index in [9.17, 15) is 19.8 Å². The van der Waals surface area contributed by atoms with Gasteiger partial charge in [0.15, 0.2) is 5.79 Å². The Morgan fingerprint density at radius 2 is 1.59 bits per heavy atom. The van der Waals surface area contributed by atoms with Crippen LogP contribution in [-0.4, -0.2) is 53.9 Å². The summed E-state index contributed by atoms with van der Waals surface area (Å²) >= 11 is 0. The first-order valence-electron chi connectivity index (χ1n) is 11.3. The van der Waals surface area contributed by atoms with Crippen molar-refractivity contribution in [1.82, 2.24) is 0 Å². The topological polar surface area (TPSA) is 102 Å². The van der Waals surface area contributed by atoms with Crippen molar-refractivity contribution < 1.29 is 34.0 Å². The molecular formula is C22H32O7. The van der Waals surface area contributed by atoms with Gasteiger partial charge in [-0.05, 0) is 63.7 Å². The number of carbonyl (C=O) groups excluding carboxylic acids is 1. The summed E-state index contributed by atoms with van der Waals surface area (Å²) in [5.74, 6) is -0.747. The molecule has 0 aromatic carbocycles. The Morgan fingerprint density at radius 3 is 2.17 bits per heavy atom. The molecule has 1 heterocycles. The lowest BCUT2D eigenvalue weighted by Crippen LogP contribution is -2.66. The fourth-order valence-corrected chi connectivity index (χ4v) is 6.97. The molecule has 1 spiro atoms. The van der Waals surface area contributed by atoms with E-state index in [2.05, 4.69) is 0 Å². The fraction of sp³-hybridized carbons (Fsp3) is 0.909. The molecular weight excluding hydrogens is 376 g/mol. The quantitative estimate of drug-likeness (QED) is 0.689. The summed E-state index contributed by atoms with van der Waals surface area (Å²) in [5.41, 5.74) is -0.575. The van der Waals surface area contributed by atoms with Crippen LogP contribution >= 0.6 is 0 Å². The summed E-state index contributed by atoms with van der Waals surface area (Å²) in [6.45, 7) is 1.29. The van der Waals surface area contributed by atoms with Crippen LogP contribution < -0.4 is 0 Å². The number of aliphatic carboxylic acids is 1. The van der Waals surface area contributed by atoms with Crippen LogP contribution in [0.3, 0.4) is 0 Å². The standard InChI is InChI=1S/C22H32O7/c23-18-3-1-15(2-4-18)19(24)27-10-14-11-28-22(29-12-14)16-5-13-6-17(22)9-21(7-13,8-16)20(25)26/h13-18,23H,1-12H2,(H,25,26). The number of carboxylic acid groups (broad SMARTS) is 1. The van der Waals surface area contributed by atoms with Gasteiger partial charge in [-0.1, -0.05) is 0 Å². The molecule has 2 N–H and O–H groups in total. The van der Waals surface area contributed by atoms with Gasteiger partial charge in [-0.25, -0.2) is 0 Å². The van der Waals surface area contributed by atoms with Crippen molar-refractivity contribution in [3.63, 3.8) is 0 Å². The second kappa shape index (κ2) is 7.20. The highest BCUT2D eigenvalue weighted by atomic mass is 16.7. The first-order chi connectivity index (χ1) is 13.9. The Morgan fingerprint density at radius 1 is 0.966 bits per heavy atom. The molecule has 0 amide bonds. The van der Waals surface area contributed by atoms with Crippen molar-refractivity contribution >= 4 is 11.9 Å². The molecule has 7 nitrogen and oxygen atoms in total. The molecule has 7 heteroatoms. The molecule has 5 saturated carbocycles. The van der Waals surface area contributed by atoms with E-state index < -0.39 is 17.2 Å². The van der Waals surface area contributed by atoms with Crippen molar-refractivity contribution in [3.8, 4) is 0 Å². The van der Waals surface area contributed by atoms with Gasteiger partial charge in [-0.2, -0.15) is 0 Å². The first kappa shape index (κ1) is 19.8. The third-order valence-electron chi connectivity index (χ3n) is 8.36. The number of esters is 1. The Kier molecular flexibility index (Phi) is 4.91. The van der Waals surface area contributed by atoms with Gasteiger partial charge in [0, 0.05) is 17.8 Å². The van der Waals surface area contributed by atoms with E-state index in [0.29, 0.717) is 64.3 Å². The minimum Gasteiger partial charge on any atom is -0.481 e. The molecule has 1 saturated heterocycles. The van der Waals surface area contributed by atoms with Crippen molar-refractivity contribution in [2.75, 3.05) is 19.8 Å². The molecule has 0 aromatic rings. The van der Waals surface area contributed by atoms with E-state index in [1.807, 2.05) is 0 Å². The maximum absolute atomic E-state index is 12.3. The minimum absolute atomic E-state index is 0.0179. The zero-order chi connectivity index (χ0) is 20.2. The third-order valence-corrected chi connectivity index (χ3v) is 8.36. The molecule has 6 aliphatic rings. The molecule has 4 bridgehead atoms. The molecule has 29 heavy (non-hydrogen) atoms. The van der Waals surface area contributed by atoms with E-state index in [1.165, 1.54) is 0 Å². The smallest absolute Gasteiger partial charge is 0.309 e. The van der Waals surface area contributed by atoms with Gasteiger partial charge in [0.1, 0.15) is 0 Å². The molecule has 0 aromatic heterocycles. The monoisotopic (exact) mass is 408 g/mol.